The molecule has 53 heavy (non-hydrogen) atoms. The monoisotopic (exact) mass is 744 g/mol. The minimum absolute atomic E-state index is 0. The molecule has 270 valence electrons. The van der Waals surface area contributed by atoms with Crippen LogP contribution < -0.4 is 27.0 Å². The van der Waals surface area contributed by atoms with Gasteiger partial charge in [0.2, 0.25) is 0 Å². The van der Waals surface area contributed by atoms with Crippen LogP contribution in [0, 0.1) is 0 Å². The van der Waals surface area contributed by atoms with Crippen LogP contribution in [0.15, 0.2) is 195 Å². The summed E-state index contributed by atoms with van der Waals surface area (Å²) in [4.78, 5) is 24.4. The second kappa shape index (κ2) is 22.3. The summed E-state index contributed by atoms with van der Waals surface area (Å²) in [5.74, 6) is -1.08. The van der Waals surface area contributed by atoms with Gasteiger partial charge in [-0.15, -0.1) is 0 Å². The molecule has 3 heterocycles. The molecule has 9 heteroatoms. The summed E-state index contributed by atoms with van der Waals surface area (Å²) in [5.41, 5.74) is 8.51. The fourth-order valence-electron chi connectivity index (χ4n) is 6.45. The van der Waals surface area contributed by atoms with E-state index in [1.807, 2.05) is 73.2 Å². The smallest absolute Gasteiger partial charge is 0.550 e. The molecule has 3 aromatic heterocycles. The number of hydrogen-bond donors (Lipinski definition) is 0. The van der Waals surface area contributed by atoms with Crippen molar-refractivity contribution < 1.29 is 31.9 Å². The van der Waals surface area contributed by atoms with Crippen LogP contribution in [-0.2, 0) is 40.9 Å². The minimum Gasteiger partial charge on any atom is -0.550 e. The third-order valence-corrected chi connectivity index (χ3v) is 8.53. The van der Waals surface area contributed by atoms with E-state index < -0.39 is 12.1 Å². The maximum absolute atomic E-state index is 8.89. The van der Waals surface area contributed by atoms with E-state index in [4.69, 9.17) is 9.90 Å². The van der Waals surface area contributed by atoms with Crippen molar-refractivity contribution >= 4 is 34.0 Å². The van der Waals surface area contributed by atoms with Crippen molar-refractivity contribution in [1.29, 1.82) is 0 Å². The van der Waals surface area contributed by atoms with Gasteiger partial charge in [-0.05, 0) is 43.3 Å². The molecule has 0 saturated heterocycles. The second-order valence-electron chi connectivity index (χ2n) is 12.1. The Morgan fingerprint density at radius 3 is 0.906 bits per heavy atom. The molecule has 0 saturated carbocycles. The number of nitrogens with zero attached hydrogens (tertiary/aromatic N) is 4. The van der Waals surface area contributed by atoms with Gasteiger partial charge in [0.15, 0.2) is 0 Å². The van der Waals surface area contributed by atoms with Crippen molar-refractivity contribution in [2.24, 2.45) is 0 Å². The first-order chi connectivity index (χ1) is 25.1. The molecular formula is C44H43BN4NiO3. The number of rotatable bonds is 10. The Morgan fingerprint density at radius 1 is 0.472 bits per heavy atom. The van der Waals surface area contributed by atoms with Crippen LogP contribution in [0.25, 0.3) is 0 Å². The summed E-state index contributed by atoms with van der Waals surface area (Å²) >= 11 is 0. The van der Waals surface area contributed by atoms with Crippen LogP contribution in [0.4, 0.5) is 0 Å². The Hall–Kier alpha value is -5.72. The van der Waals surface area contributed by atoms with E-state index in [1.165, 1.54) is 21.9 Å². The Morgan fingerprint density at radius 2 is 0.698 bits per heavy atom. The number of carbonyl (C=O) groups excluding carboxylic acids is 1. The molecular weight excluding hydrogens is 702 g/mol. The Kier molecular flexibility index (Phi) is 17.5. The van der Waals surface area contributed by atoms with E-state index in [0.29, 0.717) is 0 Å². The summed E-state index contributed by atoms with van der Waals surface area (Å²) in [7, 11) is 0. The van der Waals surface area contributed by atoms with Crippen molar-refractivity contribution in [1.82, 2.24) is 19.9 Å². The number of carbonyl (C=O) groups is 1. The van der Waals surface area contributed by atoms with Gasteiger partial charge in [0.05, 0.1) is 17.1 Å². The maximum Gasteiger partial charge on any atom is 2.00 e. The minimum atomic E-state index is -1.22. The summed E-state index contributed by atoms with van der Waals surface area (Å²) < 4.78 is 0. The van der Waals surface area contributed by atoms with Gasteiger partial charge >= 0.3 is 16.5 Å². The molecule has 0 unspecified atom stereocenters. The van der Waals surface area contributed by atoms with Crippen LogP contribution in [0.5, 0.6) is 0 Å². The molecule has 0 aliphatic heterocycles. The van der Waals surface area contributed by atoms with Gasteiger partial charge in [-0.2, -0.15) is 21.9 Å². The number of hydrogen-bond acceptors (Lipinski definition) is 6. The summed E-state index contributed by atoms with van der Waals surface area (Å²) in [5, 5.41) is 8.89. The quantitative estimate of drug-likeness (QED) is 0.195. The molecule has 0 aliphatic carbocycles. The van der Waals surface area contributed by atoms with Crippen molar-refractivity contribution in [3.63, 3.8) is 0 Å². The Labute approximate surface area is 322 Å². The Bertz CT molecular complexity index is 1730. The second-order valence-corrected chi connectivity index (χ2v) is 12.1. The van der Waals surface area contributed by atoms with Gasteiger partial charge in [0.25, 0.3) is 0 Å². The van der Waals surface area contributed by atoms with Crippen LogP contribution >= 0.6 is 0 Å². The molecule has 0 radical (unpaired) electrons. The third kappa shape index (κ3) is 12.2. The van der Waals surface area contributed by atoms with Gasteiger partial charge < -0.3 is 15.4 Å². The zero-order valence-electron chi connectivity index (χ0n) is 29.6. The zero-order chi connectivity index (χ0) is 35.6. The zero-order valence-corrected chi connectivity index (χ0v) is 30.6. The van der Waals surface area contributed by atoms with Gasteiger partial charge in [0.1, 0.15) is 6.15 Å². The molecule has 0 bridgehead atoms. The van der Waals surface area contributed by atoms with Crippen molar-refractivity contribution in [3.05, 3.63) is 212 Å². The number of pyridine rings is 3. The Balaban J connectivity index is 0.000000252. The molecule has 0 atom stereocenters. The van der Waals surface area contributed by atoms with Crippen LogP contribution in [-0.4, -0.2) is 37.4 Å². The number of carboxylic acids is 1. The van der Waals surface area contributed by atoms with E-state index in [1.54, 1.807) is 0 Å². The molecule has 0 spiro atoms. The first kappa shape index (κ1) is 41.7. The average molecular weight is 745 g/mol. The molecule has 4 aromatic carbocycles. The van der Waals surface area contributed by atoms with Gasteiger partial charge in [0, 0.05) is 44.2 Å². The SMILES string of the molecule is CC(=O)[O-].O.[Ni+2].c1ccc(CN(Cc2ccccn2)Cc2ccccn2)nc1.c1ccc([B-](c2ccccc2)(c2ccccc2)c2ccccc2)cc1. The molecule has 0 amide bonds. The molecule has 7 nitrogen and oxygen atoms in total. The van der Waals surface area contributed by atoms with E-state index in [2.05, 4.69) is 141 Å². The summed E-state index contributed by atoms with van der Waals surface area (Å²) in [6.07, 6.45) is 4.27. The van der Waals surface area contributed by atoms with Gasteiger partial charge in [-0.25, -0.2) is 0 Å². The fraction of sp³-hybridized carbons (Fsp3) is 0.0909. The summed E-state index contributed by atoms with van der Waals surface area (Å²) in [6, 6.07) is 61.5. The number of aliphatic carboxylic acids is 1. The average Bonchev–Trinajstić information content (AvgIpc) is 3.18. The summed E-state index contributed by atoms with van der Waals surface area (Å²) in [6.45, 7) is 3.29. The third-order valence-electron chi connectivity index (χ3n) is 8.53. The van der Waals surface area contributed by atoms with E-state index in [9.17, 15) is 0 Å². The number of aromatic nitrogens is 3. The van der Waals surface area contributed by atoms with Crippen LogP contribution in [0.2, 0.25) is 0 Å². The van der Waals surface area contributed by atoms with E-state index in [0.717, 1.165) is 43.6 Å². The predicted octanol–water partition coefficient (Wildman–Crippen LogP) is 4.07. The first-order valence-corrected chi connectivity index (χ1v) is 17.0. The molecule has 7 aromatic rings. The maximum atomic E-state index is 8.89. The standard InChI is InChI=1S/C24H20B.C18H18N4.C2H4O2.Ni.H2O/c1-5-13-21(14-6-1)25(22-15-7-2-8-16-22,23-17-9-3-10-18-23)24-19-11-4-12-20-24;1-4-10-19-16(7-1)13-22(14-17-8-2-5-11-20-17)15-18-9-3-6-12-21-18;1-2(3)4;;/h1-20H;1-12H,13-15H2;1H3,(H,3,4);;1H2/q-1;;;+2;/p-1. The topological polar surface area (TPSA) is 114 Å². The predicted molar refractivity (Wildman–Crippen MR) is 210 cm³/mol. The number of benzene rings is 4. The van der Waals surface area contributed by atoms with Crippen molar-refractivity contribution in [2.75, 3.05) is 0 Å². The van der Waals surface area contributed by atoms with Crippen molar-refractivity contribution in [3.8, 4) is 0 Å². The van der Waals surface area contributed by atoms with Crippen LogP contribution in [0.1, 0.15) is 24.0 Å². The van der Waals surface area contributed by atoms with E-state index >= 15 is 0 Å². The largest absolute Gasteiger partial charge is 2.00 e. The van der Waals surface area contributed by atoms with Crippen LogP contribution in [0.3, 0.4) is 0 Å². The number of carboxylic acid groups (broad SMARTS) is 1. The van der Waals surface area contributed by atoms with Gasteiger partial charge in [-0.3, -0.25) is 19.9 Å². The molecule has 2 N–H and O–H groups in total. The normalized spacial score (nSPS) is 10.2. The van der Waals surface area contributed by atoms with E-state index in [-0.39, 0.29) is 22.0 Å². The van der Waals surface area contributed by atoms with Crippen molar-refractivity contribution in [2.45, 2.75) is 26.6 Å². The molecule has 7 rings (SSSR count). The van der Waals surface area contributed by atoms with Gasteiger partial charge in [-0.1, -0.05) is 140 Å². The molecule has 0 aliphatic rings. The first-order valence-electron chi connectivity index (χ1n) is 17.0. The fourth-order valence-corrected chi connectivity index (χ4v) is 6.45. The molecule has 0 fully saturated rings.